The van der Waals surface area contributed by atoms with Crippen molar-refractivity contribution in [1.82, 2.24) is 4.31 Å². The number of nitrogens with two attached hydrogens (primary N) is 1. The molecule has 114 valence electrons. The Labute approximate surface area is 126 Å². The lowest BCUT2D eigenvalue weighted by atomic mass is 10.00. The highest BCUT2D eigenvalue weighted by molar-refractivity contribution is 7.89. The molecule has 1 aromatic carbocycles. The van der Waals surface area contributed by atoms with Crippen molar-refractivity contribution in [3.05, 3.63) is 29.3 Å². The molecule has 21 heavy (non-hydrogen) atoms. The van der Waals surface area contributed by atoms with Crippen LogP contribution in [0.15, 0.2) is 23.1 Å². The second-order valence-electron chi connectivity index (χ2n) is 5.63. The number of sulfonamides is 1. The van der Waals surface area contributed by atoms with Gasteiger partial charge in [0, 0.05) is 18.6 Å². The van der Waals surface area contributed by atoms with Crippen LogP contribution in [0.5, 0.6) is 0 Å². The average Bonchev–Trinajstić information content (AvgIpc) is 2.46. The highest BCUT2D eigenvalue weighted by atomic mass is 32.2. The van der Waals surface area contributed by atoms with E-state index in [0.717, 1.165) is 19.3 Å². The Morgan fingerprint density at radius 2 is 2.14 bits per heavy atom. The summed E-state index contributed by atoms with van der Waals surface area (Å²) in [5.74, 6) is 0. The van der Waals surface area contributed by atoms with Crippen molar-refractivity contribution >= 4 is 10.0 Å². The lowest BCUT2D eigenvalue weighted by Gasteiger charge is -2.37. The van der Waals surface area contributed by atoms with E-state index < -0.39 is 10.0 Å². The summed E-state index contributed by atoms with van der Waals surface area (Å²) in [6.45, 7) is 4.08. The molecule has 2 atom stereocenters. The molecule has 2 rings (SSSR count). The monoisotopic (exact) mass is 307 g/mol. The Morgan fingerprint density at radius 1 is 1.43 bits per heavy atom. The molecule has 6 heteroatoms. The van der Waals surface area contributed by atoms with Gasteiger partial charge in [-0.25, -0.2) is 8.42 Å². The van der Waals surface area contributed by atoms with Crippen molar-refractivity contribution in [2.75, 3.05) is 6.54 Å². The van der Waals surface area contributed by atoms with Gasteiger partial charge in [0.05, 0.1) is 16.5 Å². The Bertz CT molecular complexity index is 662. The lowest BCUT2D eigenvalue weighted by molar-refractivity contribution is 0.227. The van der Waals surface area contributed by atoms with Gasteiger partial charge in [-0.05, 0) is 50.5 Å². The third-order valence-corrected chi connectivity index (χ3v) is 6.08. The lowest BCUT2D eigenvalue weighted by Crippen LogP contribution is -2.51. The quantitative estimate of drug-likeness (QED) is 0.921. The number of benzene rings is 1. The number of nitriles is 1. The van der Waals surface area contributed by atoms with Gasteiger partial charge in [0.2, 0.25) is 10.0 Å². The minimum atomic E-state index is -3.57. The molecule has 1 fully saturated rings. The topological polar surface area (TPSA) is 87.2 Å². The molecule has 0 unspecified atom stereocenters. The van der Waals surface area contributed by atoms with E-state index in [0.29, 0.717) is 17.7 Å². The number of hydrogen-bond acceptors (Lipinski definition) is 4. The summed E-state index contributed by atoms with van der Waals surface area (Å²) in [5.41, 5.74) is 7.03. The van der Waals surface area contributed by atoms with Crippen molar-refractivity contribution in [2.45, 2.75) is 50.1 Å². The summed E-state index contributed by atoms with van der Waals surface area (Å²) >= 11 is 0. The fourth-order valence-corrected chi connectivity index (χ4v) is 4.87. The van der Waals surface area contributed by atoms with E-state index in [2.05, 4.69) is 0 Å². The minimum absolute atomic E-state index is 0.154. The van der Waals surface area contributed by atoms with E-state index in [4.69, 9.17) is 11.0 Å². The van der Waals surface area contributed by atoms with Crippen LogP contribution in [0.2, 0.25) is 0 Å². The average molecular weight is 307 g/mol. The molecule has 1 aromatic rings. The van der Waals surface area contributed by atoms with E-state index in [9.17, 15) is 8.42 Å². The van der Waals surface area contributed by atoms with Gasteiger partial charge in [0.1, 0.15) is 0 Å². The van der Waals surface area contributed by atoms with Crippen LogP contribution in [0.3, 0.4) is 0 Å². The zero-order valence-corrected chi connectivity index (χ0v) is 13.2. The molecule has 0 radical (unpaired) electrons. The Kier molecular flexibility index (Phi) is 4.67. The van der Waals surface area contributed by atoms with Gasteiger partial charge in [0.25, 0.3) is 0 Å². The number of nitrogens with zero attached hydrogens (tertiary/aromatic N) is 2. The molecule has 0 saturated carbocycles. The molecule has 0 bridgehead atoms. The molecule has 5 nitrogen and oxygen atoms in total. The second kappa shape index (κ2) is 6.14. The van der Waals surface area contributed by atoms with E-state index in [-0.39, 0.29) is 17.0 Å². The fraction of sp³-hybridized carbons (Fsp3) is 0.533. The molecular formula is C15H21N3O2S. The molecule has 0 spiro atoms. The maximum Gasteiger partial charge on any atom is 0.243 e. The number of rotatable bonds is 3. The minimum Gasteiger partial charge on any atom is -0.326 e. The first-order valence-electron chi connectivity index (χ1n) is 7.16. The molecule has 1 aliphatic heterocycles. The number of aryl methyl sites for hydroxylation is 1. The molecular weight excluding hydrogens is 286 g/mol. The fourth-order valence-electron chi connectivity index (χ4n) is 2.89. The van der Waals surface area contributed by atoms with Crippen LogP contribution in [-0.2, 0) is 10.0 Å². The van der Waals surface area contributed by atoms with Crippen molar-refractivity contribution < 1.29 is 8.42 Å². The van der Waals surface area contributed by atoms with E-state index >= 15 is 0 Å². The standard InChI is InChI=1S/C15H21N3O2S/c1-11-9-13(10-16)6-7-15(11)21(19,20)18-8-4-3-5-14(18)12(2)17/h6-7,9,12,14H,3-5,8,17H2,1-2H3/t12-,14+/m1/s1. The molecule has 0 amide bonds. The Balaban J connectivity index is 2.43. The van der Waals surface area contributed by atoms with Gasteiger partial charge in [-0.15, -0.1) is 0 Å². The Hall–Kier alpha value is -1.42. The third kappa shape index (κ3) is 3.10. The number of hydrogen-bond donors (Lipinski definition) is 1. The van der Waals surface area contributed by atoms with Crippen LogP contribution in [0.1, 0.15) is 37.3 Å². The normalized spacial score (nSPS) is 21.7. The maximum atomic E-state index is 12.9. The summed E-state index contributed by atoms with van der Waals surface area (Å²) in [4.78, 5) is 0.272. The third-order valence-electron chi connectivity index (χ3n) is 4.00. The van der Waals surface area contributed by atoms with Crippen LogP contribution in [0.25, 0.3) is 0 Å². The van der Waals surface area contributed by atoms with Crippen LogP contribution in [0.4, 0.5) is 0 Å². The maximum absolute atomic E-state index is 12.9. The highest BCUT2D eigenvalue weighted by Gasteiger charge is 2.35. The van der Waals surface area contributed by atoms with Crippen molar-refractivity contribution in [3.63, 3.8) is 0 Å². The van der Waals surface area contributed by atoms with Crippen LogP contribution >= 0.6 is 0 Å². The first kappa shape index (κ1) is 16.0. The summed E-state index contributed by atoms with van der Waals surface area (Å²) in [6.07, 6.45) is 2.66. The van der Waals surface area contributed by atoms with E-state index in [1.807, 2.05) is 13.0 Å². The van der Waals surface area contributed by atoms with Crippen molar-refractivity contribution in [3.8, 4) is 6.07 Å². The SMILES string of the molecule is Cc1cc(C#N)ccc1S(=O)(=O)N1CCCC[C@H]1[C@@H](C)N. The van der Waals surface area contributed by atoms with Gasteiger partial charge in [0.15, 0.2) is 0 Å². The summed E-state index contributed by atoms with van der Waals surface area (Å²) in [6, 6.07) is 6.35. The number of piperidine rings is 1. The van der Waals surface area contributed by atoms with Gasteiger partial charge in [-0.3, -0.25) is 0 Å². The predicted molar refractivity (Wildman–Crippen MR) is 81.1 cm³/mol. The first-order valence-corrected chi connectivity index (χ1v) is 8.60. The molecule has 1 saturated heterocycles. The van der Waals surface area contributed by atoms with Crippen molar-refractivity contribution in [1.29, 1.82) is 5.26 Å². The smallest absolute Gasteiger partial charge is 0.243 e. The first-order chi connectivity index (χ1) is 9.87. The van der Waals surface area contributed by atoms with Crippen molar-refractivity contribution in [2.24, 2.45) is 5.73 Å². The largest absolute Gasteiger partial charge is 0.326 e. The Morgan fingerprint density at radius 3 is 2.71 bits per heavy atom. The zero-order chi connectivity index (χ0) is 15.6. The van der Waals surface area contributed by atoms with Crippen LogP contribution < -0.4 is 5.73 Å². The van der Waals surface area contributed by atoms with E-state index in [1.165, 1.54) is 10.4 Å². The van der Waals surface area contributed by atoms with Gasteiger partial charge >= 0.3 is 0 Å². The summed E-state index contributed by atoms with van der Waals surface area (Å²) in [7, 11) is -3.57. The predicted octanol–water partition coefficient (Wildman–Crippen LogP) is 1.76. The second-order valence-corrected chi connectivity index (χ2v) is 7.49. The van der Waals surface area contributed by atoms with Crippen LogP contribution in [-0.4, -0.2) is 31.4 Å². The van der Waals surface area contributed by atoms with Gasteiger partial charge in [-0.2, -0.15) is 9.57 Å². The van der Waals surface area contributed by atoms with E-state index in [1.54, 1.807) is 19.1 Å². The van der Waals surface area contributed by atoms with Gasteiger partial charge < -0.3 is 5.73 Å². The highest BCUT2D eigenvalue weighted by Crippen LogP contribution is 2.28. The molecule has 1 heterocycles. The molecule has 0 aliphatic carbocycles. The molecule has 0 aromatic heterocycles. The zero-order valence-electron chi connectivity index (χ0n) is 12.4. The van der Waals surface area contributed by atoms with Gasteiger partial charge in [-0.1, -0.05) is 6.42 Å². The molecule has 2 N–H and O–H groups in total. The van der Waals surface area contributed by atoms with Crippen LogP contribution in [0, 0.1) is 18.3 Å². The summed E-state index contributed by atoms with van der Waals surface area (Å²) in [5, 5.41) is 8.89. The summed E-state index contributed by atoms with van der Waals surface area (Å²) < 4.78 is 27.4. The molecule has 1 aliphatic rings.